The van der Waals surface area contributed by atoms with Crippen LogP contribution in [0.4, 0.5) is 18.9 Å². The van der Waals surface area contributed by atoms with Gasteiger partial charge in [-0.15, -0.1) is 0 Å². The number of carboxylic acids is 1. The van der Waals surface area contributed by atoms with E-state index in [9.17, 15) is 28.0 Å². The number of carbonyl (C=O) groups excluding carboxylic acids is 1. The number of carbonyl (C=O) groups is 2. The van der Waals surface area contributed by atoms with Crippen LogP contribution in [-0.2, 0) is 16.1 Å². The molecule has 2 aromatic carbocycles. The summed E-state index contributed by atoms with van der Waals surface area (Å²) >= 11 is 0. The van der Waals surface area contributed by atoms with E-state index >= 15 is 0 Å². The molecule has 3 aromatic rings. The zero-order valence-corrected chi connectivity index (χ0v) is 15.6. The zero-order valence-electron chi connectivity index (χ0n) is 15.6. The van der Waals surface area contributed by atoms with Gasteiger partial charge in [-0.25, -0.2) is 13.2 Å². The SMILES string of the molecule is CN(C(=O)C(C#N)=Cc1cn(CC(=O)O)c2ccc(F)cc12)c1ccc(F)cc1F. The number of rotatable bonds is 5. The number of aliphatic carboxylic acids is 1. The van der Waals surface area contributed by atoms with Crippen molar-refractivity contribution in [3.63, 3.8) is 0 Å². The maximum atomic E-state index is 14.0. The molecule has 6 nitrogen and oxygen atoms in total. The van der Waals surface area contributed by atoms with E-state index in [0.717, 1.165) is 29.2 Å². The Labute approximate surface area is 168 Å². The normalized spacial score (nSPS) is 11.4. The van der Waals surface area contributed by atoms with Crippen molar-refractivity contribution in [2.75, 3.05) is 11.9 Å². The quantitative estimate of drug-likeness (QED) is 0.510. The summed E-state index contributed by atoms with van der Waals surface area (Å²) in [6, 6.07) is 8.06. The van der Waals surface area contributed by atoms with E-state index in [1.807, 2.05) is 0 Å². The number of likely N-dealkylation sites (N-methyl/N-ethyl adjacent to an activating group) is 1. The molecule has 0 saturated heterocycles. The third kappa shape index (κ3) is 4.03. The molecular weight excluding hydrogens is 399 g/mol. The standard InChI is InChI=1S/C21H14F3N3O3/c1-26(19-5-3-15(23)8-17(19)24)21(30)12(9-25)6-13-10-27(11-20(28)29)18-4-2-14(22)7-16(13)18/h2-8,10H,11H2,1H3,(H,28,29). The first-order valence-corrected chi connectivity index (χ1v) is 8.56. The number of nitriles is 1. The first kappa shape index (κ1) is 20.7. The van der Waals surface area contributed by atoms with Gasteiger partial charge in [0.1, 0.15) is 35.6 Å². The van der Waals surface area contributed by atoms with Crippen LogP contribution >= 0.6 is 0 Å². The molecule has 1 aromatic heterocycles. The topological polar surface area (TPSA) is 86.3 Å². The Morgan fingerprint density at radius 2 is 1.83 bits per heavy atom. The Balaban J connectivity index is 2.06. The Morgan fingerprint density at radius 1 is 1.17 bits per heavy atom. The Kier molecular flexibility index (Phi) is 5.60. The van der Waals surface area contributed by atoms with Crippen molar-refractivity contribution in [3.8, 4) is 6.07 Å². The molecule has 0 spiro atoms. The summed E-state index contributed by atoms with van der Waals surface area (Å²) in [6.45, 7) is -0.410. The lowest BCUT2D eigenvalue weighted by Gasteiger charge is -2.17. The molecule has 1 heterocycles. The summed E-state index contributed by atoms with van der Waals surface area (Å²) in [6.07, 6.45) is 2.54. The lowest BCUT2D eigenvalue weighted by Crippen LogP contribution is -2.28. The molecule has 0 bridgehead atoms. The fraction of sp³-hybridized carbons (Fsp3) is 0.0952. The number of aromatic nitrogens is 1. The lowest BCUT2D eigenvalue weighted by molar-refractivity contribution is -0.137. The maximum absolute atomic E-state index is 14.0. The summed E-state index contributed by atoms with van der Waals surface area (Å²) in [7, 11) is 1.22. The molecule has 1 N–H and O–H groups in total. The van der Waals surface area contributed by atoms with Gasteiger partial charge < -0.3 is 14.6 Å². The van der Waals surface area contributed by atoms with Crippen molar-refractivity contribution in [1.29, 1.82) is 5.26 Å². The molecule has 0 unspecified atom stereocenters. The van der Waals surface area contributed by atoms with Crippen LogP contribution in [0.5, 0.6) is 0 Å². The third-order valence-electron chi connectivity index (χ3n) is 4.41. The number of halogens is 3. The highest BCUT2D eigenvalue weighted by molar-refractivity contribution is 6.12. The largest absolute Gasteiger partial charge is 0.480 e. The predicted octanol–water partition coefficient (Wildman–Crippen LogP) is 3.71. The van der Waals surface area contributed by atoms with Crippen molar-refractivity contribution >= 4 is 34.5 Å². The molecule has 3 rings (SSSR count). The minimum absolute atomic E-state index is 0.234. The van der Waals surface area contributed by atoms with Gasteiger partial charge in [0.25, 0.3) is 5.91 Å². The second-order valence-electron chi connectivity index (χ2n) is 6.40. The lowest BCUT2D eigenvalue weighted by atomic mass is 10.1. The molecule has 0 aliphatic heterocycles. The second kappa shape index (κ2) is 8.13. The summed E-state index contributed by atoms with van der Waals surface area (Å²) in [5.41, 5.74) is -0.00175. The molecule has 0 aliphatic rings. The van der Waals surface area contributed by atoms with Gasteiger partial charge in [-0.1, -0.05) is 0 Å². The minimum Gasteiger partial charge on any atom is -0.480 e. The fourth-order valence-electron chi connectivity index (χ4n) is 3.03. The van der Waals surface area contributed by atoms with Crippen LogP contribution in [0.15, 0.2) is 48.2 Å². The molecule has 0 saturated carbocycles. The number of hydrogen-bond donors (Lipinski definition) is 1. The Bertz CT molecular complexity index is 1240. The van der Waals surface area contributed by atoms with E-state index in [-0.39, 0.29) is 11.3 Å². The zero-order chi connectivity index (χ0) is 22.0. The van der Waals surface area contributed by atoms with Crippen molar-refractivity contribution in [2.45, 2.75) is 6.54 Å². The van der Waals surface area contributed by atoms with Crippen LogP contribution in [0.3, 0.4) is 0 Å². The van der Waals surface area contributed by atoms with E-state index < -0.39 is 41.4 Å². The molecule has 9 heteroatoms. The smallest absolute Gasteiger partial charge is 0.323 e. The Morgan fingerprint density at radius 3 is 2.47 bits per heavy atom. The summed E-state index contributed by atoms with van der Waals surface area (Å²) < 4.78 is 42.2. The molecular formula is C21H14F3N3O3. The van der Waals surface area contributed by atoms with Gasteiger partial charge in [-0.05, 0) is 36.4 Å². The highest BCUT2D eigenvalue weighted by Crippen LogP contribution is 2.26. The van der Waals surface area contributed by atoms with Crippen LogP contribution in [0.25, 0.3) is 17.0 Å². The van der Waals surface area contributed by atoms with Crippen LogP contribution in [0.2, 0.25) is 0 Å². The molecule has 0 radical (unpaired) electrons. The fourth-order valence-corrected chi connectivity index (χ4v) is 3.03. The number of carboxylic acid groups (broad SMARTS) is 1. The van der Waals surface area contributed by atoms with E-state index in [0.29, 0.717) is 17.0 Å². The van der Waals surface area contributed by atoms with Crippen molar-refractivity contribution in [1.82, 2.24) is 4.57 Å². The number of hydrogen-bond acceptors (Lipinski definition) is 3. The van der Waals surface area contributed by atoms with E-state index in [1.165, 1.54) is 30.0 Å². The van der Waals surface area contributed by atoms with Gasteiger partial charge in [0, 0.05) is 35.8 Å². The monoisotopic (exact) mass is 413 g/mol. The Hall–Kier alpha value is -4.06. The van der Waals surface area contributed by atoms with Crippen LogP contribution in [0.1, 0.15) is 5.56 Å². The molecule has 30 heavy (non-hydrogen) atoms. The van der Waals surface area contributed by atoms with Crippen LogP contribution in [-0.4, -0.2) is 28.6 Å². The maximum Gasteiger partial charge on any atom is 0.323 e. The van der Waals surface area contributed by atoms with Gasteiger partial charge in [0.2, 0.25) is 0 Å². The second-order valence-corrected chi connectivity index (χ2v) is 6.40. The number of amides is 1. The highest BCUT2D eigenvalue weighted by Gasteiger charge is 2.20. The van der Waals surface area contributed by atoms with Crippen molar-refractivity contribution < 1.29 is 27.9 Å². The number of fused-ring (bicyclic) bond motifs is 1. The average molecular weight is 413 g/mol. The van der Waals surface area contributed by atoms with Gasteiger partial charge >= 0.3 is 5.97 Å². The van der Waals surface area contributed by atoms with Gasteiger partial charge in [0.05, 0.1) is 5.69 Å². The first-order chi connectivity index (χ1) is 14.2. The van der Waals surface area contributed by atoms with E-state index in [4.69, 9.17) is 5.11 Å². The van der Waals surface area contributed by atoms with Crippen molar-refractivity contribution in [2.24, 2.45) is 0 Å². The van der Waals surface area contributed by atoms with Gasteiger partial charge in [-0.2, -0.15) is 5.26 Å². The van der Waals surface area contributed by atoms with E-state index in [2.05, 4.69) is 0 Å². The third-order valence-corrected chi connectivity index (χ3v) is 4.41. The predicted molar refractivity (Wildman–Crippen MR) is 103 cm³/mol. The van der Waals surface area contributed by atoms with E-state index in [1.54, 1.807) is 6.07 Å². The molecule has 152 valence electrons. The van der Waals surface area contributed by atoms with Crippen LogP contribution < -0.4 is 4.90 Å². The first-order valence-electron chi connectivity index (χ1n) is 8.56. The average Bonchev–Trinajstić information content (AvgIpc) is 3.00. The summed E-state index contributed by atoms with van der Waals surface area (Å²) in [5.74, 6) is -4.39. The molecule has 0 atom stereocenters. The number of anilines is 1. The number of benzene rings is 2. The van der Waals surface area contributed by atoms with Crippen molar-refractivity contribution in [3.05, 3.63) is 71.2 Å². The summed E-state index contributed by atoms with van der Waals surface area (Å²) in [4.78, 5) is 24.6. The van der Waals surface area contributed by atoms with Gasteiger partial charge in [-0.3, -0.25) is 9.59 Å². The molecule has 0 aliphatic carbocycles. The van der Waals surface area contributed by atoms with Gasteiger partial charge in [0.15, 0.2) is 0 Å². The molecule has 0 fully saturated rings. The number of nitrogens with zero attached hydrogens (tertiary/aromatic N) is 3. The minimum atomic E-state index is -1.13. The van der Waals surface area contributed by atoms with Crippen LogP contribution in [0, 0.1) is 28.8 Å². The summed E-state index contributed by atoms with van der Waals surface area (Å²) in [5, 5.41) is 18.8. The highest BCUT2D eigenvalue weighted by atomic mass is 19.1. The molecule has 1 amide bonds.